The Morgan fingerprint density at radius 2 is 1.44 bits per heavy atom. The smallest absolute Gasteiger partial charge is 0.134 e. The van der Waals surface area contributed by atoms with Crippen molar-refractivity contribution in [2.75, 3.05) is 0 Å². The van der Waals surface area contributed by atoms with E-state index in [9.17, 15) is 4.39 Å². The molecule has 0 fully saturated rings. The topological polar surface area (TPSA) is 0 Å². The Morgan fingerprint density at radius 1 is 0.765 bits per heavy atom. The number of aryl methyl sites for hydroxylation is 2. The largest absolute Gasteiger partial charge is 0.206 e. The predicted octanol–water partition coefficient (Wildman–Crippen LogP) is 8.90. The van der Waals surface area contributed by atoms with Crippen LogP contribution in [0.15, 0.2) is 91.0 Å². The molecular formula is C33H31F. The van der Waals surface area contributed by atoms with E-state index in [1.165, 1.54) is 29.5 Å². The molecule has 0 radical (unpaired) electrons. The van der Waals surface area contributed by atoms with Crippen LogP contribution in [0.1, 0.15) is 55.4 Å². The fourth-order valence-corrected chi connectivity index (χ4v) is 4.15. The summed E-state index contributed by atoms with van der Waals surface area (Å²) in [6, 6.07) is 26.8. The van der Waals surface area contributed by atoms with Crippen molar-refractivity contribution < 1.29 is 4.39 Å². The van der Waals surface area contributed by atoms with Gasteiger partial charge in [-0.3, -0.25) is 0 Å². The van der Waals surface area contributed by atoms with Crippen LogP contribution in [0.5, 0.6) is 0 Å². The van der Waals surface area contributed by atoms with E-state index in [1.54, 1.807) is 0 Å². The van der Waals surface area contributed by atoms with Gasteiger partial charge in [0.25, 0.3) is 0 Å². The van der Waals surface area contributed by atoms with Gasteiger partial charge in [-0.25, -0.2) is 4.39 Å². The third kappa shape index (κ3) is 5.83. The predicted molar refractivity (Wildman–Crippen MR) is 144 cm³/mol. The van der Waals surface area contributed by atoms with E-state index in [4.69, 9.17) is 0 Å². The molecule has 0 atom stereocenters. The molecule has 0 saturated heterocycles. The van der Waals surface area contributed by atoms with E-state index >= 15 is 0 Å². The summed E-state index contributed by atoms with van der Waals surface area (Å²) in [6.07, 6.45) is 9.24. The normalized spacial score (nSPS) is 11.0. The van der Waals surface area contributed by atoms with Crippen LogP contribution in [0.3, 0.4) is 0 Å². The fraction of sp³-hybridized carbons (Fsp3) is 0.212. The highest BCUT2D eigenvalue weighted by molar-refractivity contribution is 5.85. The van der Waals surface area contributed by atoms with Crippen molar-refractivity contribution in [1.29, 1.82) is 0 Å². The third-order valence-corrected chi connectivity index (χ3v) is 6.19. The van der Waals surface area contributed by atoms with Gasteiger partial charge in [0, 0.05) is 16.5 Å². The third-order valence-electron chi connectivity index (χ3n) is 6.19. The van der Waals surface area contributed by atoms with Crippen molar-refractivity contribution in [3.05, 3.63) is 119 Å². The maximum Gasteiger partial charge on any atom is 0.134 e. The van der Waals surface area contributed by atoms with E-state index in [1.807, 2.05) is 43.3 Å². The Hall–Kier alpha value is -3.63. The van der Waals surface area contributed by atoms with Crippen molar-refractivity contribution in [1.82, 2.24) is 0 Å². The fourth-order valence-electron chi connectivity index (χ4n) is 4.15. The molecule has 0 nitrogen and oxygen atoms in total. The lowest BCUT2D eigenvalue weighted by molar-refractivity contribution is 0.621. The van der Waals surface area contributed by atoms with Crippen LogP contribution < -0.4 is 0 Å². The molecular weight excluding hydrogens is 415 g/mol. The van der Waals surface area contributed by atoms with E-state index < -0.39 is 0 Å². The van der Waals surface area contributed by atoms with Crippen LogP contribution in [0.4, 0.5) is 4.39 Å². The van der Waals surface area contributed by atoms with Gasteiger partial charge in [-0.1, -0.05) is 91.9 Å². The summed E-state index contributed by atoms with van der Waals surface area (Å²) in [5.41, 5.74) is 6.43. The molecule has 4 aromatic carbocycles. The number of fused-ring (bicyclic) bond motifs is 1. The molecule has 1 heteroatoms. The highest BCUT2D eigenvalue weighted by Crippen LogP contribution is 2.24. The molecule has 0 spiro atoms. The van der Waals surface area contributed by atoms with Gasteiger partial charge in [-0.05, 0) is 84.5 Å². The summed E-state index contributed by atoms with van der Waals surface area (Å²) in [6.45, 7) is 4.21. The van der Waals surface area contributed by atoms with Gasteiger partial charge < -0.3 is 0 Å². The van der Waals surface area contributed by atoms with Crippen LogP contribution >= 0.6 is 0 Å². The lowest BCUT2D eigenvalue weighted by atomic mass is 10.00. The number of hydrogen-bond acceptors (Lipinski definition) is 0. The van der Waals surface area contributed by atoms with Gasteiger partial charge in [0.1, 0.15) is 5.82 Å². The minimum Gasteiger partial charge on any atom is -0.206 e. The molecule has 0 aliphatic rings. The Bertz CT molecular complexity index is 1330. The zero-order valence-electron chi connectivity index (χ0n) is 20.1. The van der Waals surface area contributed by atoms with Crippen molar-refractivity contribution >= 4 is 10.8 Å². The first kappa shape index (κ1) is 23.5. The molecule has 34 heavy (non-hydrogen) atoms. The standard InChI is InChI=1S/C33H31F/c1-3-5-7-9-30-21-22-31-24-27(16-23-32(31)33(30)34)11-10-26-14-19-29(20-15-26)28-17-12-25(13-18-28)8-6-4-2/h3,5,12-24H,4,6-9H2,1-2H3/b5-3+. The molecule has 0 bridgehead atoms. The number of allylic oxidation sites excluding steroid dienone is 2. The molecule has 4 aromatic rings. The first-order valence-corrected chi connectivity index (χ1v) is 12.2. The zero-order chi connectivity index (χ0) is 23.8. The lowest BCUT2D eigenvalue weighted by Crippen LogP contribution is -1.92. The van der Waals surface area contributed by atoms with E-state index in [2.05, 4.69) is 73.4 Å². The zero-order valence-corrected chi connectivity index (χ0v) is 20.1. The maximum atomic E-state index is 14.9. The molecule has 0 aromatic heterocycles. The number of benzene rings is 4. The van der Waals surface area contributed by atoms with Gasteiger partial charge >= 0.3 is 0 Å². The van der Waals surface area contributed by atoms with Crippen molar-refractivity contribution in [3.63, 3.8) is 0 Å². The molecule has 0 aliphatic carbocycles. The molecule has 4 rings (SSSR count). The molecule has 0 N–H and O–H groups in total. The first-order chi connectivity index (χ1) is 16.7. The van der Waals surface area contributed by atoms with E-state index in [0.717, 1.165) is 34.9 Å². The average Bonchev–Trinajstić information content (AvgIpc) is 2.88. The highest BCUT2D eigenvalue weighted by atomic mass is 19.1. The molecule has 0 amide bonds. The number of halogens is 1. The highest BCUT2D eigenvalue weighted by Gasteiger charge is 2.07. The summed E-state index contributed by atoms with van der Waals surface area (Å²) in [5.74, 6) is 6.36. The molecule has 0 aliphatic heterocycles. The van der Waals surface area contributed by atoms with Gasteiger partial charge in [-0.2, -0.15) is 0 Å². The van der Waals surface area contributed by atoms with E-state index in [-0.39, 0.29) is 5.82 Å². The summed E-state index contributed by atoms with van der Waals surface area (Å²) in [5, 5.41) is 1.55. The maximum absolute atomic E-state index is 14.9. The Labute approximate surface area is 203 Å². The van der Waals surface area contributed by atoms with Crippen LogP contribution in [0.25, 0.3) is 21.9 Å². The number of unbranched alkanes of at least 4 members (excludes halogenated alkanes) is 1. The van der Waals surface area contributed by atoms with Gasteiger partial charge in [0.2, 0.25) is 0 Å². The Balaban J connectivity index is 1.47. The second kappa shape index (κ2) is 11.5. The monoisotopic (exact) mass is 446 g/mol. The first-order valence-electron chi connectivity index (χ1n) is 12.2. The van der Waals surface area contributed by atoms with Crippen LogP contribution in [0, 0.1) is 17.7 Å². The quantitative estimate of drug-likeness (QED) is 0.196. The van der Waals surface area contributed by atoms with Crippen LogP contribution in [0.2, 0.25) is 0 Å². The molecule has 0 unspecified atom stereocenters. The second-order valence-corrected chi connectivity index (χ2v) is 8.71. The van der Waals surface area contributed by atoms with Crippen LogP contribution in [-0.2, 0) is 12.8 Å². The average molecular weight is 447 g/mol. The van der Waals surface area contributed by atoms with Crippen molar-refractivity contribution in [2.24, 2.45) is 0 Å². The number of rotatable bonds is 7. The molecule has 170 valence electrons. The summed E-state index contributed by atoms with van der Waals surface area (Å²) >= 11 is 0. The van der Waals surface area contributed by atoms with Crippen molar-refractivity contribution in [2.45, 2.75) is 46.0 Å². The molecule has 0 heterocycles. The Kier molecular flexibility index (Phi) is 7.95. The minimum absolute atomic E-state index is 0.115. The summed E-state index contributed by atoms with van der Waals surface area (Å²) in [4.78, 5) is 0. The number of hydrogen-bond donors (Lipinski definition) is 0. The van der Waals surface area contributed by atoms with Crippen LogP contribution in [-0.4, -0.2) is 0 Å². The van der Waals surface area contributed by atoms with Gasteiger partial charge in [0.15, 0.2) is 0 Å². The van der Waals surface area contributed by atoms with Gasteiger partial charge in [0.05, 0.1) is 0 Å². The van der Waals surface area contributed by atoms with E-state index in [0.29, 0.717) is 11.8 Å². The molecule has 0 saturated carbocycles. The lowest BCUT2D eigenvalue weighted by Gasteiger charge is -2.06. The second-order valence-electron chi connectivity index (χ2n) is 8.71. The van der Waals surface area contributed by atoms with Gasteiger partial charge in [-0.15, -0.1) is 0 Å². The summed E-state index contributed by atoms with van der Waals surface area (Å²) < 4.78 is 14.9. The summed E-state index contributed by atoms with van der Waals surface area (Å²) in [7, 11) is 0. The minimum atomic E-state index is -0.115. The SMILES string of the molecule is C/C=C/CCc1ccc2cc(C#Cc3ccc(-c4ccc(CCCC)cc4)cc3)ccc2c1F. The van der Waals surface area contributed by atoms with Crippen molar-refractivity contribution in [3.8, 4) is 23.0 Å². The Morgan fingerprint density at radius 3 is 2.15 bits per heavy atom.